The van der Waals surface area contributed by atoms with Crippen molar-refractivity contribution in [2.24, 2.45) is 0 Å². The van der Waals surface area contributed by atoms with Gasteiger partial charge >= 0.3 is 0 Å². The molecular weight excluding hydrogens is 389 g/mol. The minimum atomic E-state index is 0.834. The van der Waals surface area contributed by atoms with Crippen molar-refractivity contribution in [3.63, 3.8) is 0 Å². The van der Waals surface area contributed by atoms with Gasteiger partial charge in [0.15, 0.2) is 0 Å². The Bertz CT molecular complexity index is 525. The molecule has 17 heavy (non-hydrogen) atoms. The molecule has 0 fully saturated rings. The molecule has 0 radical (unpaired) electrons. The molecule has 2 aromatic rings. The van der Waals surface area contributed by atoms with E-state index in [0.29, 0.717) is 0 Å². The van der Waals surface area contributed by atoms with Crippen molar-refractivity contribution in [2.45, 2.75) is 13.5 Å². The van der Waals surface area contributed by atoms with Crippen molar-refractivity contribution in [3.8, 4) is 0 Å². The molecule has 2 rings (SSSR count). The lowest BCUT2D eigenvalue weighted by Crippen LogP contribution is -2.00. The van der Waals surface area contributed by atoms with Gasteiger partial charge in [-0.25, -0.2) is 0 Å². The molecule has 0 unspecified atom stereocenters. The van der Waals surface area contributed by atoms with E-state index in [2.05, 4.69) is 93.2 Å². The van der Waals surface area contributed by atoms with E-state index in [1.807, 2.05) is 0 Å². The molecule has 0 saturated heterocycles. The standard InChI is InChI=1S/C14H13BrIN/c1-10-5-6-11(14(15)7-10)9-17-13-4-2-3-12(16)8-13/h2-8,17H,9H2,1H3. The van der Waals surface area contributed by atoms with Crippen LogP contribution in [0, 0.1) is 10.5 Å². The minimum Gasteiger partial charge on any atom is -0.381 e. The zero-order chi connectivity index (χ0) is 12.3. The molecule has 0 bridgehead atoms. The Kier molecular flexibility index (Phi) is 4.45. The highest BCUT2D eigenvalue weighted by atomic mass is 127. The van der Waals surface area contributed by atoms with Gasteiger partial charge in [0.25, 0.3) is 0 Å². The van der Waals surface area contributed by atoms with Gasteiger partial charge in [-0.05, 0) is 64.9 Å². The fourth-order valence-electron chi connectivity index (χ4n) is 1.59. The number of rotatable bonds is 3. The lowest BCUT2D eigenvalue weighted by Gasteiger charge is -2.09. The van der Waals surface area contributed by atoms with Gasteiger partial charge in [-0.1, -0.05) is 34.1 Å². The van der Waals surface area contributed by atoms with Crippen molar-refractivity contribution in [2.75, 3.05) is 5.32 Å². The first-order chi connectivity index (χ1) is 8.15. The summed E-state index contributed by atoms with van der Waals surface area (Å²) in [5.41, 5.74) is 3.70. The second kappa shape index (κ2) is 5.87. The molecule has 0 amide bonds. The maximum atomic E-state index is 3.59. The summed E-state index contributed by atoms with van der Waals surface area (Å²) in [4.78, 5) is 0. The number of hydrogen-bond donors (Lipinski definition) is 1. The first-order valence-electron chi connectivity index (χ1n) is 5.39. The summed E-state index contributed by atoms with van der Waals surface area (Å²) in [5, 5.41) is 3.43. The molecule has 0 heterocycles. The fraction of sp³-hybridized carbons (Fsp3) is 0.143. The molecule has 0 aliphatic carbocycles. The van der Waals surface area contributed by atoms with Crippen LogP contribution >= 0.6 is 38.5 Å². The van der Waals surface area contributed by atoms with E-state index in [1.54, 1.807) is 0 Å². The molecule has 0 spiro atoms. The number of anilines is 1. The highest BCUT2D eigenvalue weighted by Crippen LogP contribution is 2.20. The number of hydrogen-bond acceptors (Lipinski definition) is 1. The second-order valence-electron chi connectivity index (χ2n) is 3.96. The number of benzene rings is 2. The molecule has 3 heteroatoms. The highest BCUT2D eigenvalue weighted by molar-refractivity contribution is 14.1. The number of nitrogens with one attached hydrogen (secondary N) is 1. The van der Waals surface area contributed by atoms with Gasteiger partial charge in [-0.15, -0.1) is 0 Å². The van der Waals surface area contributed by atoms with E-state index >= 15 is 0 Å². The summed E-state index contributed by atoms with van der Waals surface area (Å²) >= 11 is 5.92. The van der Waals surface area contributed by atoms with Gasteiger partial charge in [-0.3, -0.25) is 0 Å². The molecular formula is C14H13BrIN. The van der Waals surface area contributed by atoms with Gasteiger partial charge in [0.2, 0.25) is 0 Å². The van der Waals surface area contributed by atoms with Gasteiger partial charge in [0, 0.05) is 20.3 Å². The Hall–Kier alpha value is -0.550. The molecule has 0 aliphatic rings. The van der Waals surface area contributed by atoms with E-state index in [9.17, 15) is 0 Å². The normalized spacial score (nSPS) is 10.3. The van der Waals surface area contributed by atoms with Crippen molar-refractivity contribution < 1.29 is 0 Å². The van der Waals surface area contributed by atoms with Crippen LogP contribution in [0.15, 0.2) is 46.9 Å². The Labute approximate surface area is 124 Å². The summed E-state index contributed by atoms with van der Waals surface area (Å²) in [6.07, 6.45) is 0. The van der Waals surface area contributed by atoms with Crippen LogP contribution in [0.25, 0.3) is 0 Å². The van der Waals surface area contributed by atoms with Gasteiger partial charge in [-0.2, -0.15) is 0 Å². The van der Waals surface area contributed by atoms with Crippen LogP contribution in [0.1, 0.15) is 11.1 Å². The highest BCUT2D eigenvalue weighted by Gasteiger charge is 2.00. The fourth-order valence-corrected chi connectivity index (χ4v) is 2.77. The van der Waals surface area contributed by atoms with E-state index in [4.69, 9.17) is 0 Å². The van der Waals surface area contributed by atoms with Gasteiger partial charge in [0.1, 0.15) is 0 Å². The molecule has 0 atom stereocenters. The lowest BCUT2D eigenvalue weighted by molar-refractivity contribution is 1.13. The molecule has 1 nitrogen and oxygen atoms in total. The monoisotopic (exact) mass is 401 g/mol. The van der Waals surface area contributed by atoms with Crippen molar-refractivity contribution in [3.05, 3.63) is 61.6 Å². The molecule has 0 aliphatic heterocycles. The van der Waals surface area contributed by atoms with Crippen LogP contribution in [-0.4, -0.2) is 0 Å². The third-order valence-electron chi connectivity index (χ3n) is 2.52. The average molecular weight is 402 g/mol. The van der Waals surface area contributed by atoms with Gasteiger partial charge in [0.05, 0.1) is 0 Å². The van der Waals surface area contributed by atoms with E-state index in [1.165, 1.54) is 14.7 Å². The van der Waals surface area contributed by atoms with Crippen molar-refractivity contribution in [1.82, 2.24) is 0 Å². The van der Waals surface area contributed by atoms with Crippen LogP contribution in [0.2, 0.25) is 0 Å². The molecule has 88 valence electrons. The molecule has 1 N–H and O–H groups in total. The zero-order valence-electron chi connectivity index (χ0n) is 9.50. The SMILES string of the molecule is Cc1ccc(CNc2cccc(I)c2)c(Br)c1. The van der Waals surface area contributed by atoms with Crippen LogP contribution in [0.5, 0.6) is 0 Å². The predicted octanol–water partition coefficient (Wildman–Crippen LogP) is 4.97. The summed E-state index contributed by atoms with van der Waals surface area (Å²) in [7, 11) is 0. The molecule has 0 saturated carbocycles. The Morgan fingerprint density at radius 1 is 1.18 bits per heavy atom. The summed E-state index contributed by atoms with van der Waals surface area (Å²) < 4.78 is 2.41. The third-order valence-corrected chi connectivity index (χ3v) is 3.93. The summed E-state index contributed by atoms with van der Waals surface area (Å²) in [6, 6.07) is 14.8. The van der Waals surface area contributed by atoms with Crippen LogP contribution in [0.3, 0.4) is 0 Å². The second-order valence-corrected chi connectivity index (χ2v) is 6.06. The van der Waals surface area contributed by atoms with Crippen molar-refractivity contribution in [1.29, 1.82) is 0 Å². The molecule has 2 aromatic carbocycles. The predicted molar refractivity (Wildman–Crippen MR) is 85.4 cm³/mol. The minimum absolute atomic E-state index is 0.834. The van der Waals surface area contributed by atoms with Crippen LogP contribution in [-0.2, 0) is 6.54 Å². The van der Waals surface area contributed by atoms with E-state index in [-0.39, 0.29) is 0 Å². The topological polar surface area (TPSA) is 12.0 Å². The first kappa shape index (κ1) is 12.9. The number of halogens is 2. The lowest BCUT2D eigenvalue weighted by atomic mass is 10.1. The maximum absolute atomic E-state index is 3.59. The van der Waals surface area contributed by atoms with Crippen LogP contribution in [0.4, 0.5) is 5.69 Å². The van der Waals surface area contributed by atoms with Crippen LogP contribution < -0.4 is 5.32 Å². The zero-order valence-corrected chi connectivity index (χ0v) is 13.2. The smallest absolute Gasteiger partial charge is 0.0411 e. The van der Waals surface area contributed by atoms with Gasteiger partial charge < -0.3 is 5.32 Å². The number of aryl methyl sites for hydroxylation is 1. The third kappa shape index (κ3) is 3.71. The maximum Gasteiger partial charge on any atom is 0.0411 e. The first-order valence-corrected chi connectivity index (χ1v) is 7.27. The Balaban J connectivity index is 2.07. The average Bonchev–Trinajstić information content (AvgIpc) is 2.28. The van der Waals surface area contributed by atoms with Crippen molar-refractivity contribution >= 4 is 44.2 Å². The molecule has 0 aromatic heterocycles. The van der Waals surface area contributed by atoms with E-state index < -0.39 is 0 Å². The largest absolute Gasteiger partial charge is 0.381 e. The summed E-state index contributed by atoms with van der Waals surface area (Å²) in [6.45, 7) is 2.93. The van der Waals surface area contributed by atoms with E-state index in [0.717, 1.165) is 16.7 Å². The quantitative estimate of drug-likeness (QED) is 0.715. The Morgan fingerprint density at radius 3 is 2.71 bits per heavy atom. The summed E-state index contributed by atoms with van der Waals surface area (Å²) in [5.74, 6) is 0. The Morgan fingerprint density at radius 2 is 2.00 bits per heavy atom.